The lowest BCUT2D eigenvalue weighted by Crippen LogP contribution is -2.19. The summed E-state index contributed by atoms with van der Waals surface area (Å²) >= 11 is 0. The Morgan fingerprint density at radius 1 is 1.07 bits per heavy atom. The summed E-state index contributed by atoms with van der Waals surface area (Å²) in [6, 6.07) is 5.41. The van der Waals surface area contributed by atoms with E-state index in [0.717, 1.165) is 28.3 Å². The zero-order valence-electron chi connectivity index (χ0n) is 15.9. The maximum absolute atomic E-state index is 14.7. The first-order valence-electron chi connectivity index (χ1n) is 8.76. The molecule has 27 heavy (non-hydrogen) atoms. The van der Waals surface area contributed by atoms with Gasteiger partial charge in [-0.15, -0.1) is 0 Å². The van der Waals surface area contributed by atoms with Gasteiger partial charge < -0.3 is 10.5 Å². The van der Waals surface area contributed by atoms with E-state index in [9.17, 15) is 18.0 Å². The standard InChI is InChI=1S/C21H24F3NO2/c1-5-27-18(26)10-17(25)15-8-14(9-16(20(15)22)21(23)24)19-12(3)6-11(2)7-13(19)4/h6-9,17,21H,5,10,25H2,1-4H3/t17-/m0/s1. The van der Waals surface area contributed by atoms with E-state index in [1.165, 1.54) is 6.07 Å². The predicted molar refractivity (Wildman–Crippen MR) is 99.2 cm³/mol. The predicted octanol–water partition coefficient (Wildman–Crippen LogP) is 5.31. The molecule has 1 atom stereocenters. The maximum atomic E-state index is 14.7. The van der Waals surface area contributed by atoms with Gasteiger partial charge in [-0.1, -0.05) is 17.7 Å². The van der Waals surface area contributed by atoms with Crippen LogP contribution in [0.25, 0.3) is 11.1 Å². The number of hydrogen-bond acceptors (Lipinski definition) is 3. The third kappa shape index (κ3) is 4.69. The molecule has 0 heterocycles. The molecule has 2 rings (SSSR count). The van der Waals surface area contributed by atoms with Gasteiger partial charge in [-0.2, -0.15) is 0 Å². The van der Waals surface area contributed by atoms with E-state index >= 15 is 0 Å². The SMILES string of the molecule is CCOC(=O)C[C@H](N)c1cc(-c2c(C)cc(C)cc2C)cc(C(F)F)c1F. The van der Waals surface area contributed by atoms with E-state index < -0.39 is 29.8 Å². The highest BCUT2D eigenvalue weighted by molar-refractivity contribution is 5.74. The molecule has 0 saturated heterocycles. The molecule has 0 aliphatic carbocycles. The van der Waals surface area contributed by atoms with Crippen LogP contribution in [-0.4, -0.2) is 12.6 Å². The maximum Gasteiger partial charge on any atom is 0.307 e. The van der Waals surface area contributed by atoms with Gasteiger partial charge in [0.2, 0.25) is 0 Å². The highest BCUT2D eigenvalue weighted by atomic mass is 19.3. The van der Waals surface area contributed by atoms with Crippen LogP contribution < -0.4 is 5.73 Å². The van der Waals surface area contributed by atoms with Gasteiger partial charge in [0, 0.05) is 11.6 Å². The smallest absolute Gasteiger partial charge is 0.307 e. The van der Waals surface area contributed by atoms with Crippen molar-refractivity contribution in [1.29, 1.82) is 0 Å². The van der Waals surface area contributed by atoms with Gasteiger partial charge in [0.15, 0.2) is 0 Å². The Bertz CT molecular complexity index is 827. The first kappa shape index (κ1) is 21.0. The van der Waals surface area contributed by atoms with Crippen molar-refractivity contribution >= 4 is 5.97 Å². The summed E-state index contributed by atoms with van der Waals surface area (Å²) < 4.78 is 46.4. The molecule has 0 aliphatic heterocycles. The van der Waals surface area contributed by atoms with Gasteiger partial charge in [-0.25, -0.2) is 13.2 Å². The van der Waals surface area contributed by atoms with E-state index in [0.29, 0.717) is 5.56 Å². The van der Waals surface area contributed by atoms with Gasteiger partial charge >= 0.3 is 5.97 Å². The third-order valence-electron chi connectivity index (χ3n) is 4.42. The number of carbonyl (C=O) groups is 1. The number of nitrogens with two attached hydrogens (primary N) is 1. The summed E-state index contributed by atoms with van der Waals surface area (Å²) in [5, 5.41) is 0. The molecule has 2 aromatic carbocycles. The lowest BCUT2D eigenvalue weighted by molar-refractivity contribution is -0.143. The Morgan fingerprint density at radius 2 is 1.63 bits per heavy atom. The number of benzene rings is 2. The molecule has 0 unspecified atom stereocenters. The first-order valence-corrected chi connectivity index (χ1v) is 8.76. The molecule has 2 aromatic rings. The van der Waals surface area contributed by atoms with Crippen LogP contribution in [-0.2, 0) is 9.53 Å². The Hall–Kier alpha value is -2.34. The zero-order chi connectivity index (χ0) is 20.3. The van der Waals surface area contributed by atoms with E-state index in [-0.39, 0.29) is 18.6 Å². The second-order valence-electron chi connectivity index (χ2n) is 6.66. The molecule has 0 fully saturated rings. The van der Waals surface area contributed by atoms with Crippen LogP contribution in [0.2, 0.25) is 0 Å². The minimum atomic E-state index is -3.00. The molecule has 2 N–H and O–H groups in total. The fraction of sp³-hybridized carbons (Fsp3) is 0.381. The number of hydrogen-bond donors (Lipinski definition) is 1. The summed E-state index contributed by atoms with van der Waals surface area (Å²) in [5.74, 6) is -1.68. The molecule has 0 amide bonds. The van der Waals surface area contributed by atoms with Crippen LogP contribution in [0.3, 0.4) is 0 Å². The Kier molecular flexibility index (Phi) is 6.65. The minimum Gasteiger partial charge on any atom is -0.466 e. The molecule has 0 aromatic heterocycles. The molecule has 0 saturated carbocycles. The summed E-state index contributed by atoms with van der Waals surface area (Å²) in [6.45, 7) is 7.50. The van der Waals surface area contributed by atoms with Crippen molar-refractivity contribution in [2.75, 3.05) is 6.61 Å². The van der Waals surface area contributed by atoms with Crippen molar-refractivity contribution in [3.05, 3.63) is 57.9 Å². The number of alkyl halides is 2. The highest BCUT2D eigenvalue weighted by Gasteiger charge is 2.24. The average Bonchev–Trinajstić information content (AvgIpc) is 2.54. The Balaban J connectivity index is 2.61. The fourth-order valence-corrected chi connectivity index (χ4v) is 3.39. The molecule has 3 nitrogen and oxygen atoms in total. The van der Waals surface area contributed by atoms with Crippen LogP contribution in [0.5, 0.6) is 0 Å². The van der Waals surface area contributed by atoms with Crippen molar-refractivity contribution < 1.29 is 22.7 Å². The van der Waals surface area contributed by atoms with Crippen LogP contribution in [0, 0.1) is 26.6 Å². The topological polar surface area (TPSA) is 52.3 Å². The summed E-state index contributed by atoms with van der Waals surface area (Å²) in [6.07, 6.45) is -3.28. The van der Waals surface area contributed by atoms with E-state index in [2.05, 4.69) is 0 Å². The van der Waals surface area contributed by atoms with Crippen LogP contribution >= 0.6 is 0 Å². The second kappa shape index (κ2) is 8.57. The zero-order valence-corrected chi connectivity index (χ0v) is 15.9. The number of aryl methyl sites for hydroxylation is 3. The Morgan fingerprint density at radius 3 is 2.15 bits per heavy atom. The molecule has 0 bridgehead atoms. The van der Waals surface area contributed by atoms with Crippen molar-refractivity contribution in [3.63, 3.8) is 0 Å². The number of esters is 1. The summed E-state index contributed by atoms with van der Waals surface area (Å²) in [4.78, 5) is 11.7. The third-order valence-corrected chi connectivity index (χ3v) is 4.42. The van der Waals surface area contributed by atoms with Crippen LogP contribution in [0.1, 0.15) is 53.6 Å². The number of halogens is 3. The molecule has 0 spiro atoms. The van der Waals surface area contributed by atoms with Gasteiger partial charge in [-0.3, -0.25) is 4.79 Å². The molecule has 0 radical (unpaired) electrons. The summed E-state index contributed by atoms with van der Waals surface area (Å²) in [5.41, 5.74) is 9.16. The van der Waals surface area contributed by atoms with Crippen LogP contribution in [0.4, 0.5) is 13.2 Å². The van der Waals surface area contributed by atoms with Crippen molar-refractivity contribution in [2.24, 2.45) is 5.73 Å². The van der Waals surface area contributed by atoms with Gasteiger partial charge in [0.1, 0.15) is 5.82 Å². The van der Waals surface area contributed by atoms with E-state index in [1.807, 2.05) is 32.9 Å². The number of rotatable bonds is 6. The quantitative estimate of drug-likeness (QED) is 0.692. The lowest BCUT2D eigenvalue weighted by Gasteiger charge is -2.19. The van der Waals surface area contributed by atoms with Crippen molar-refractivity contribution in [1.82, 2.24) is 0 Å². The highest BCUT2D eigenvalue weighted by Crippen LogP contribution is 2.36. The minimum absolute atomic E-state index is 0.116. The second-order valence-corrected chi connectivity index (χ2v) is 6.66. The number of ether oxygens (including phenoxy) is 1. The molecular weight excluding hydrogens is 355 g/mol. The largest absolute Gasteiger partial charge is 0.466 e. The van der Waals surface area contributed by atoms with Gasteiger partial charge in [0.05, 0.1) is 18.6 Å². The molecule has 146 valence electrons. The first-order chi connectivity index (χ1) is 12.6. The van der Waals surface area contributed by atoms with Gasteiger partial charge in [0.25, 0.3) is 6.43 Å². The van der Waals surface area contributed by atoms with Gasteiger partial charge in [-0.05, 0) is 62.1 Å². The molecular formula is C21H24F3NO2. The molecule has 6 heteroatoms. The monoisotopic (exact) mass is 379 g/mol. The number of carbonyl (C=O) groups excluding carboxylic acids is 1. The van der Waals surface area contributed by atoms with E-state index in [1.54, 1.807) is 6.92 Å². The normalized spacial score (nSPS) is 12.3. The van der Waals surface area contributed by atoms with Crippen LogP contribution in [0.15, 0.2) is 24.3 Å². The lowest BCUT2D eigenvalue weighted by atomic mass is 9.89. The molecule has 0 aliphatic rings. The van der Waals surface area contributed by atoms with Crippen molar-refractivity contribution in [2.45, 2.75) is 46.6 Å². The van der Waals surface area contributed by atoms with Crippen molar-refractivity contribution in [3.8, 4) is 11.1 Å². The summed E-state index contributed by atoms with van der Waals surface area (Å²) in [7, 11) is 0. The Labute approximate surface area is 157 Å². The fourth-order valence-electron chi connectivity index (χ4n) is 3.39. The van der Waals surface area contributed by atoms with E-state index in [4.69, 9.17) is 10.5 Å². The average molecular weight is 379 g/mol.